The van der Waals surface area contributed by atoms with E-state index in [2.05, 4.69) is 109 Å². The molecule has 6 nitrogen and oxygen atoms in total. The summed E-state index contributed by atoms with van der Waals surface area (Å²) in [7, 11) is 0. The van der Waals surface area contributed by atoms with Gasteiger partial charge in [0.15, 0.2) is 17.5 Å². The first-order chi connectivity index (χ1) is 27.2. The topological polar surface area (TPSA) is 77.8 Å². The van der Waals surface area contributed by atoms with Crippen molar-refractivity contribution in [2.24, 2.45) is 0 Å². The number of thiazole rings is 1. The minimum Gasteiger partial charge on any atom is -0.456 e. The van der Waals surface area contributed by atoms with Crippen LogP contribution in [0.25, 0.3) is 120 Å². The third-order valence-corrected chi connectivity index (χ3v) is 11.6. The molecule has 0 bridgehead atoms. The second kappa shape index (κ2) is 11.6. The maximum absolute atomic E-state index is 6.50. The summed E-state index contributed by atoms with van der Waals surface area (Å²) >= 11 is 1.70. The molecule has 12 aromatic rings. The monoisotopic (exact) mass is 722 g/mol. The molecule has 0 atom stereocenters. The summed E-state index contributed by atoms with van der Waals surface area (Å²) in [6.45, 7) is 0. The molecule has 4 heterocycles. The van der Waals surface area contributed by atoms with Gasteiger partial charge in [0.2, 0.25) is 0 Å². The molecule has 256 valence electrons. The van der Waals surface area contributed by atoms with Crippen LogP contribution in [0.15, 0.2) is 167 Å². The highest BCUT2D eigenvalue weighted by atomic mass is 32.1. The molecular weight excluding hydrogens is 697 g/mol. The van der Waals surface area contributed by atoms with Gasteiger partial charge < -0.3 is 8.83 Å². The summed E-state index contributed by atoms with van der Waals surface area (Å²) in [5, 5.41) is 9.51. The predicted octanol–water partition coefficient (Wildman–Crippen LogP) is 13.3. The summed E-state index contributed by atoms with van der Waals surface area (Å²) in [5.41, 5.74) is 7.82. The lowest BCUT2D eigenvalue weighted by Crippen LogP contribution is -2.00. The average Bonchev–Trinajstić information content (AvgIpc) is 3.97. The number of aromatic nitrogens is 4. The zero-order valence-corrected chi connectivity index (χ0v) is 29.8. The Hall–Kier alpha value is -7.22. The number of fused-ring (bicyclic) bond motifs is 11. The molecular formula is C48H26N4O2S. The van der Waals surface area contributed by atoms with Gasteiger partial charge in [0, 0.05) is 32.8 Å². The van der Waals surface area contributed by atoms with E-state index >= 15 is 0 Å². The molecule has 4 aromatic heterocycles. The smallest absolute Gasteiger partial charge is 0.167 e. The minimum atomic E-state index is 0.544. The van der Waals surface area contributed by atoms with Gasteiger partial charge in [0.05, 0.1) is 21.2 Å². The first-order valence-corrected chi connectivity index (χ1v) is 18.9. The Labute approximate surface area is 317 Å². The second-order valence-electron chi connectivity index (χ2n) is 13.8. The second-order valence-corrected chi connectivity index (χ2v) is 14.8. The van der Waals surface area contributed by atoms with Gasteiger partial charge in [-0.05, 0) is 64.0 Å². The summed E-state index contributed by atoms with van der Waals surface area (Å²) in [4.78, 5) is 20.7. The third kappa shape index (κ3) is 4.73. The van der Waals surface area contributed by atoms with E-state index in [1.165, 1.54) is 0 Å². The van der Waals surface area contributed by atoms with E-state index in [1.807, 2.05) is 48.5 Å². The fraction of sp³-hybridized carbons (Fsp3) is 0. The van der Waals surface area contributed by atoms with Gasteiger partial charge >= 0.3 is 0 Å². The van der Waals surface area contributed by atoms with Crippen LogP contribution in [-0.4, -0.2) is 19.9 Å². The third-order valence-electron chi connectivity index (χ3n) is 10.5. The summed E-state index contributed by atoms with van der Waals surface area (Å²) in [6, 6.07) is 54.0. The first kappa shape index (κ1) is 30.3. The Morgan fingerprint density at radius 2 is 1.09 bits per heavy atom. The van der Waals surface area contributed by atoms with Crippen LogP contribution < -0.4 is 0 Å². The van der Waals surface area contributed by atoms with Gasteiger partial charge in [-0.15, -0.1) is 11.3 Å². The van der Waals surface area contributed by atoms with E-state index in [-0.39, 0.29) is 0 Å². The van der Waals surface area contributed by atoms with E-state index in [9.17, 15) is 0 Å². The summed E-state index contributed by atoms with van der Waals surface area (Å²) in [6.07, 6.45) is 0. The Morgan fingerprint density at radius 3 is 1.98 bits per heavy atom. The predicted molar refractivity (Wildman–Crippen MR) is 224 cm³/mol. The number of hydrogen-bond donors (Lipinski definition) is 0. The molecule has 0 spiro atoms. The van der Waals surface area contributed by atoms with Crippen molar-refractivity contribution in [3.05, 3.63) is 158 Å². The van der Waals surface area contributed by atoms with Crippen molar-refractivity contribution in [1.29, 1.82) is 0 Å². The van der Waals surface area contributed by atoms with Crippen molar-refractivity contribution in [3.8, 4) is 44.7 Å². The standard InChI is InChI=1S/C48H26N4O2S/c1-2-10-29(11-3-1)48-49-43-40(55-48)24-23-39-42(43)41-36-26-32(20-18-28(36)21-22-38(41)53-39)46-50-45(31-19-17-27-9-4-5-12-30(27)25-31)51-47(52-46)35-15-8-14-34-33-13-6-7-16-37(33)54-44(34)35/h1-26H. The Morgan fingerprint density at radius 1 is 0.400 bits per heavy atom. The Balaban J connectivity index is 1.10. The van der Waals surface area contributed by atoms with Crippen LogP contribution in [0.2, 0.25) is 0 Å². The lowest BCUT2D eigenvalue weighted by molar-refractivity contribution is 0.669. The maximum atomic E-state index is 6.50. The van der Waals surface area contributed by atoms with Gasteiger partial charge in [-0.2, -0.15) is 0 Å². The van der Waals surface area contributed by atoms with Crippen LogP contribution in [0.4, 0.5) is 0 Å². The van der Waals surface area contributed by atoms with Gasteiger partial charge in [0.1, 0.15) is 27.3 Å². The molecule has 7 heteroatoms. The molecule has 0 N–H and O–H groups in total. The van der Waals surface area contributed by atoms with Crippen LogP contribution in [0.5, 0.6) is 0 Å². The van der Waals surface area contributed by atoms with Crippen molar-refractivity contribution < 1.29 is 8.83 Å². The average molecular weight is 723 g/mol. The largest absolute Gasteiger partial charge is 0.456 e. The highest BCUT2D eigenvalue weighted by molar-refractivity contribution is 7.21. The molecule has 12 rings (SSSR count). The Bertz CT molecular complexity index is 3510. The lowest BCUT2D eigenvalue weighted by atomic mass is 10.0. The molecule has 0 saturated heterocycles. The molecule has 0 aliphatic heterocycles. The fourth-order valence-corrected chi connectivity index (χ4v) is 8.89. The number of furan rings is 2. The van der Waals surface area contributed by atoms with Gasteiger partial charge in [0.25, 0.3) is 0 Å². The van der Waals surface area contributed by atoms with Crippen LogP contribution in [-0.2, 0) is 0 Å². The summed E-state index contributed by atoms with van der Waals surface area (Å²) in [5.74, 6) is 1.70. The van der Waals surface area contributed by atoms with E-state index in [0.29, 0.717) is 17.5 Å². The molecule has 0 aliphatic rings. The number of nitrogens with zero attached hydrogens (tertiary/aromatic N) is 4. The highest BCUT2D eigenvalue weighted by Gasteiger charge is 2.20. The molecule has 0 amide bonds. The van der Waals surface area contributed by atoms with Crippen molar-refractivity contribution in [2.45, 2.75) is 0 Å². The van der Waals surface area contributed by atoms with E-state index < -0.39 is 0 Å². The molecule has 0 fully saturated rings. The zero-order valence-electron chi connectivity index (χ0n) is 29.0. The minimum absolute atomic E-state index is 0.544. The van der Waals surface area contributed by atoms with Crippen LogP contribution in [0.3, 0.4) is 0 Å². The first-order valence-electron chi connectivity index (χ1n) is 18.1. The van der Waals surface area contributed by atoms with Crippen LogP contribution in [0.1, 0.15) is 0 Å². The van der Waals surface area contributed by atoms with Crippen molar-refractivity contribution in [1.82, 2.24) is 19.9 Å². The Kier molecular flexibility index (Phi) is 6.40. The number of benzene rings is 8. The van der Waals surface area contributed by atoms with Crippen LogP contribution >= 0.6 is 11.3 Å². The normalized spacial score (nSPS) is 12.0. The van der Waals surface area contributed by atoms with Gasteiger partial charge in [-0.3, -0.25) is 0 Å². The highest BCUT2D eigenvalue weighted by Crippen LogP contribution is 2.43. The number of hydrogen-bond acceptors (Lipinski definition) is 7. The molecule has 0 radical (unpaired) electrons. The summed E-state index contributed by atoms with van der Waals surface area (Å²) < 4.78 is 14.1. The zero-order chi connectivity index (χ0) is 36.0. The molecule has 8 aromatic carbocycles. The maximum Gasteiger partial charge on any atom is 0.167 e. The van der Waals surface area contributed by atoms with Gasteiger partial charge in [-0.1, -0.05) is 115 Å². The van der Waals surface area contributed by atoms with E-state index in [4.69, 9.17) is 28.8 Å². The number of para-hydroxylation sites is 2. The van der Waals surface area contributed by atoms with Crippen molar-refractivity contribution >= 4 is 87.0 Å². The van der Waals surface area contributed by atoms with Crippen LogP contribution in [0, 0.1) is 0 Å². The van der Waals surface area contributed by atoms with Gasteiger partial charge in [-0.25, -0.2) is 19.9 Å². The van der Waals surface area contributed by atoms with E-state index in [0.717, 1.165) is 103 Å². The lowest BCUT2D eigenvalue weighted by Gasteiger charge is -2.10. The van der Waals surface area contributed by atoms with Crippen molar-refractivity contribution in [2.75, 3.05) is 0 Å². The molecule has 0 unspecified atom stereocenters. The SMILES string of the molecule is c1ccc(-c2nc3c(ccc4oc5ccc6ccc(-c7nc(-c8ccc9ccccc9c8)nc(-c8cccc9c8oc8ccccc89)n7)cc6c5c43)s2)cc1. The fourth-order valence-electron chi connectivity index (χ4n) is 7.91. The molecule has 55 heavy (non-hydrogen) atoms. The quantitative estimate of drug-likeness (QED) is 0.180. The van der Waals surface area contributed by atoms with Crippen molar-refractivity contribution in [3.63, 3.8) is 0 Å². The number of rotatable bonds is 4. The molecule has 0 aliphatic carbocycles. The molecule has 0 saturated carbocycles. The van der Waals surface area contributed by atoms with E-state index in [1.54, 1.807) is 11.3 Å².